The topological polar surface area (TPSA) is 38.7 Å². The number of rotatable bonds is 3. The van der Waals surface area contributed by atoms with E-state index in [4.69, 9.17) is 22.3 Å². The molecule has 0 N–H and O–H groups in total. The first-order chi connectivity index (χ1) is 28.9. The highest BCUT2D eigenvalue weighted by molar-refractivity contribution is 7.99. The number of benzene rings is 7. The third kappa shape index (κ3) is 4.71. The quantitative estimate of drug-likeness (QED) is 0.186. The van der Waals surface area contributed by atoms with Gasteiger partial charge in [0, 0.05) is 26.5 Å². The van der Waals surface area contributed by atoms with Crippen molar-refractivity contribution in [2.75, 3.05) is 0 Å². The monoisotopic (exact) mass is 678 g/mol. The average molecular weight is 679 g/mol. The van der Waals surface area contributed by atoms with Crippen molar-refractivity contribution < 1.29 is 12.3 Å². The first-order valence-corrected chi connectivity index (χ1v) is 17.4. The molecule has 1 aliphatic carbocycles. The van der Waals surface area contributed by atoms with Crippen LogP contribution in [0.5, 0.6) is 0 Å². The van der Waals surface area contributed by atoms with E-state index < -0.39 is 47.7 Å². The maximum atomic E-state index is 8.99. The van der Waals surface area contributed by atoms with Crippen molar-refractivity contribution in [2.45, 2.75) is 22.1 Å². The molecular weight excluding hydrogens is 639 g/mol. The molecule has 1 atom stereocenters. The van der Waals surface area contributed by atoms with Gasteiger partial charge in [0.15, 0.2) is 17.5 Å². The number of aromatic nitrogens is 3. The van der Waals surface area contributed by atoms with E-state index in [-0.39, 0.29) is 46.2 Å². The van der Waals surface area contributed by atoms with Crippen molar-refractivity contribution in [1.29, 1.82) is 0 Å². The van der Waals surface area contributed by atoms with Gasteiger partial charge in [-0.2, -0.15) is 0 Å². The third-order valence-electron chi connectivity index (χ3n) is 9.64. The summed E-state index contributed by atoms with van der Waals surface area (Å²) in [4.78, 5) is 16.5. The lowest BCUT2D eigenvalue weighted by atomic mass is 9.63. The van der Waals surface area contributed by atoms with Gasteiger partial charge in [-0.15, -0.1) is 0 Å². The number of hydrogen-bond donors (Lipinski definition) is 0. The molecule has 0 fully saturated rings. The van der Waals surface area contributed by atoms with Gasteiger partial charge in [-0.25, -0.2) is 15.0 Å². The minimum atomic E-state index is -0.859. The second kappa shape index (κ2) is 11.8. The molecule has 1 aromatic heterocycles. The zero-order chi connectivity index (χ0) is 41.8. The van der Waals surface area contributed by atoms with E-state index in [1.807, 2.05) is 30.3 Å². The third-order valence-corrected chi connectivity index (χ3v) is 10.9. The first-order valence-electron chi connectivity index (χ1n) is 21.0. The molecule has 2 heterocycles. The molecule has 240 valence electrons. The summed E-state index contributed by atoms with van der Waals surface area (Å²) in [6.07, 6.45) is 4.24. The highest BCUT2D eigenvalue weighted by Crippen LogP contribution is 2.59. The van der Waals surface area contributed by atoms with Gasteiger partial charge in [0.1, 0.15) is 0 Å². The van der Waals surface area contributed by atoms with Crippen LogP contribution in [0.15, 0.2) is 167 Å². The molecule has 2 aliphatic rings. The molecule has 4 heteroatoms. The Morgan fingerprint density at radius 1 is 0.549 bits per heavy atom. The molecular formula is C47H31N3S. The summed E-state index contributed by atoms with van der Waals surface area (Å²) < 4.78 is 77.6. The SMILES string of the molecule is [2H]c1c([2H])c([2H])c(-c2nc(-c3ccc4c(c3)C3(c5ccccc5C=C4)c4ccccc4Sc4c3ccc3ccccc43)nc(-c3c([2H])c([2H])c([2H])c(C)c3[2H])n2)c([2H])c1[2H]. The Kier molecular flexibility index (Phi) is 5.04. The highest BCUT2D eigenvalue weighted by atomic mass is 32.2. The second-order valence-electron chi connectivity index (χ2n) is 12.5. The molecule has 1 unspecified atom stereocenters. The van der Waals surface area contributed by atoms with Gasteiger partial charge in [0.05, 0.1) is 17.8 Å². The molecule has 8 aromatic rings. The van der Waals surface area contributed by atoms with Crippen molar-refractivity contribution in [3.05, 3.63) is 196 Å². The van der Waals surface area contributed by atoms with Crippen LogP contribution in [-0.4, -0.2) is 15.0 Å². The minimum Gasteiger partial charge on any atom is -0.208 e. The fourth-order valence-corrected chi connectivity index (χ4v) is 8.79. The standard InChI is InChI=1S/C47H31N3S/c1-30-12-11-17-35(28-30)45-48-44(34-15-3-2-4-16-34)49-46(50-45)36-25-24-33-23-22-32-14-6-8-19-38(32)47(41(33)29-36)39-20-9-10-21-42(39)51-43-37-18-7-5-13-31(37)26-27-40(43)47/h2-29H,1H3/i2D,3D,4D,11D,12D,15D,16D,17D,28D. The lowest BCUT2D eigenvalue weighted by Gasteiger charge is -2.43. The van der Waals surface area contributed by atoms with Crippen LogP contribution >= 0.6 is 11.8 Å². The smallest absolute Gasteiger partial charge is 0.164 e. The summed E-state index contributed by atoms with van der Waals surface area (Å²) in [7, 11) is 0. The van der Waals surface area contributed by atoms with E-state index in [0.717, 1.165) is 53.9 Å². The first kappa shape index (κ1) is 21.9. The van der Waals surface area contributed by atoms with E-state index in [2.05, 4.69) is 89.9 Å². The van der Waals surface area contributed by atoms with Gasteiger partial charge >= 0.3 is 0 Å². The Morgan fingerprint density at radius 2 is 1.24 bits per heavy atom. The average Bonchev–Trinajstić information content (AvgIpc) is 3.41. The Hall–Kier alpha value is -6.10. The summed E-state index contributed by atoms with van der Waals surface area (Å²) in [5.74, 6) is -0.382. The molecule has 7 aromatic carbocycles. The molecule has 0 bridgehead atoms. The zero-order valence-corrected chi connectivity index (χ0v) is 28.0. The number of fused-ring (bicyclic) bond motifs is 10. The fourth-order valence-electron chi connectivity index (χ4n) is 7.46. The Bertz CT molecular complexity index is 3080. The molecule has 10 rings (SSSR count). The lowest BCUT2D eigenvalue weighted by Crippen LogP contribution is -2.35. The number of nitrogens with zero attached hydrogens (tertiary/aromatic N) is 3. The molecule has 3 nitrogen and oxygen atoms in total. The van der Waals surface area contributed by atoms with Gasteiger partial charge in [-0.3, -0.25) is 0 Å². The Labute approximate surface area is 314 Å². The molecule has 1 spiro atoms. The van der Waals surface area contributed by atoms with E-state index >= 15 is 0 Å². The van der Waals surface area contributed by atoms with Crippen molar-refractivity contribution in [3.63, 3.8) is 0 Å². The molecule has 0 saturated carbocycles. The lowest BCUT2D eigenvalue weighted by molar-refractivity contribution is 0.704. The fraction of sp³-hybridized carbons (Fsp3) is 0.0426. The summed E-state index contributed by atoms with van der Waals surface area (Å²) in [5, 5.41) is 2.25. The molecule has 0 saturated heterocycles. The highest BCUT2D eigenvalue weighted by Gasteiger charge is 2.47. The zero-order valence-electron chi connectivity index (χ0n) is 36.2. The predicted octanol–water partition coefficient (Wildman–Crippen LogP) is 11.7. The molecule has 0 radical (unpaired) electrons. The van der Waals surface area contributed by atoms with Crippen LogP contribution in [-0.2, 0) is 5.41 Å². The van der Waals surface area contributed by atoms with E-state index in [1.165, 1.54) is 6.92 Å². The van der Waals surface area contributed by atoms with Crippen LogP contribution in [0, 0.1) is 6.92 Å². The minimum absolute atomic E-state index is 0.0661. The summed E-state index contributed by atoms with van der Waals surface area (Å²) in [5.41, 5.74) is 5.58. The van der Waals surface area contributed by atoms with Gasteiger partial charge in [-0.1, -0.05) is 169 Å². The molecule has 51 heavy (non-hydrogen) atoms. The van der Waals surface area contributed by atoms with Crippen molar-refractivity contribution >= 4 is 34.7 Å². The van der Waals surface area contributed by atoms with E-state index in [0.29, 0.717) is 5.56 Å². The van der Waals surface area contributed by atoms with Crippen LogP contribution in [0.3, 0.4) is 0 Å². The van der Waals surface area contributed by atoms with Crippen molar-refractivity contribution in [2.24, 2.45) is 0 Å². The van der Waals surface area contributed by atoms with Gasteiger partial charge in [0.25, 0.3) is 0 Å². The largest absolute Gasteiger partial charge is 0.208 e. The van der Waals surface area contributed by atoms with E-state index in [1.54, 1.807) is 11.8 Å². The maximum Gasteiger partial charge on any atom is 0.164 e. The second-order valence-corrected chi connectivity index (χ2v) is 13.6. The summed E-state index contributed by atoms with van der Waals surface area (Å²) in [6, 6.07) is 31.4. The number of hydrogen-bond acceptors (Lipinski definition) is 4. The molecule has 1 aliphatic heterocycles. The summed E-state index contributed by atoms with van der Waals surface area (Å²) in [6.45, 7) is 1.52. The van der Waals surface area contributed by atoms with E-state index in [9.17, 15) is 0 Å². The molecule has 0 amide bonds. The van der Waals surface area contributed by atoms with Crippen molar-refractivity contribution in [3.8, 4) is 34.2 Å². The normalized spacial score (nSPS) is 17.9. The van der Waals surface area contributed by atoms with Crippen LogP contribution in [0.2, 0.25) is 0 Å². The Balaban J connectivity index is 1.32. The Morgan fingerprint density at radius 3 is 2.10 bits per heavy atom. The van der Waals surface area contributed by atoms with Gasteiger partial charge in [-0.05, 0) is 69.3 Å². The van der Waals surface area contributed by atoms with Gasteiger partial charge in [0.2, 0.25) is 0 Å². The van der Waals surface area contributed by atoms with Crippen LogP contribution in [0.4, 0.5) is 0 Å². The van der Waals surface area contributed by atoms with Crippen molar-refractivity contribution in [1.82, 2.24) is 15.0 Å². The van der Waals surface area contributed by atoms with Crippen LogP contribution in [0.1, 0.15) is 51.3 Å². The summed E-state index contributed by atoms with van der Waals surface area (Å²) >= 11 is 1.75. The maximum absolute atomic E-state index is 8.99. The predicted molar refractivity (Wildman–Crippen MR) is 210 cm³/mol. The van der Waals surface area contributed by atoms with Crippen LogP contribution < -0.4 is 0 Å². The van der Waals surface area contributed by atoms with Gasteiger partial charge < -0.3 is 0 Å². The van der Waals surface area contributed by atoms with Crippen LogP contribution in [0.25, 0.3) is 57.1 Å².